The summed E-state index contributed by atoms with van der Waals surface area (Å²) in [7, 11) is 0. The van der Waals surface area contributed by atoms with Crippen LogP contribution >= 0.6 is 11.8 Å². The zero-order valence-corrected chi connectivity index (χ0v) is 15.9. The van der Waals surface area contributed by atoms with E-state index in [0.717, 1.165) is 11.1 Å². The van der Waals surface area contributed by atoms with Crippen LogP contribution in [0.1, 0.15) is 53.0 Å². The second-order valence-corrected chi connectivity index (χ2v) is 8.40. The second-order valence-electron chi connectivity index (χ2n) is 7.26. The molecule has 6 nitrogen and oxygen atoms in total. The molecule has 25 heavy (non-hydrogen) atoms. The summed E-state index contributed by atoms with van der Waals surface area (Å²) in [5.74, 6) is -0.764. The molecule has 140 valence electrons. The third-order valence-corrected chi connectivity index (χ3v) is 6.98. The van der Waals surface area contributed by atoms with Crippen LogP contribution in [0.2, 0.25) is 0 Å². The predicted molar refractivity (Wildman–Crippen MR) is 97.9 cm³/mol. The maximum Gasteiger partial charge on any atom is 0.321 e. The number of aliphatic hydroxyl groups excluding tert-OH is 2. The second kappa shape index (κ2) is 7.15. The molecule has 0 saturated heterocycles. The minimum Gasteiger partial charge on any atom is -0.507 e. The molecule has 0 unspecified atom stereocenters. The van der Waals surface area contributed by atoms with Crippen LogP contribution in [0.3, 0.4) is 0 Å². The fourth-order valence-corrected chi connectivity index (χ4v) is 5.19. The SMILES string of the molecule is Cc1c(O)c2c(c(C)c1CCO)[C@H](O)C(C)(C)[C@@H]2SC[C@H](N)C(=O)O. The molecule has 0 saturated carbocycles. The van der Waals surface area contributed by atoms with Gasteiger partial charge in [0.2, 0.25) is 0 Å². The first-order chi connectivity index (χ1) is 11.6. The normalized spacial score (nSPS) is 22.7. The molecule has 2 rings (SSSR count). The summed E-state index contributed by atoms with van der Waals surface area (Å²) in [4.78, 5) is 11.0. The molecule has 0 aromatic heterocycles. The average molecular weight is 369 g/mol. The number of carbonyl (C=O) groups is 1. The monoisotopic (exact) mass is 369 g/mol. The van der Waals surface area contributed by atoms with Gasteiger partial charge in [-0.3, -0.25) is 4.79 Å². The van der Waals surface area contributed by atoms with Crippen LogP contribution < -0.4 is 5.73 Å². The Morgan fingerprint density at radius 1 is 1.28 bits per heavy atom. The van der Waals surface area contributed by atoms with Crippen molar-refractivity contribution in [3.8, 4) is 5.75 Å². The summed E-state index contributed by atoms with van der Waals surface area (Å²) in [6.45, 7) is 7.47. The van der Waals surface area contributed by atoms with Gasteiger partial charge in [-0.25, -0.2) is 0 Å². The quantitative estimate of drug-likeness (QED) is 0.518. The molecular formula is C18H27NO5S. The van der Waals surface area contributed by atoms with Gasteiger partial charge < -0.3 is 26.2 Å². The average Bonchev–Trinajstić information content (AvgIpc) is 2.74. The van der Waals surface area contributed by atoms with E-state index >= 15 is 0 Å². The largest absolute Gasteiger partial charge is 0.507 e. The Hall–Kier alpha value is -1.28. The smallest absolute Gasteiger partial charge is 0.321 e. The van der Waals surface area contributed by atoms with Gasteiger partial charge in [0, 0.05) is 28.6 Å². The molecule has 3 atom stereocenters. The molecule has 0 bridgehead atoms. The van der Waals surface area contributed by atoms with Gasteiger partial charge in [-0.05, 0) is 42.5 Å². The zero-order chi connectivity index (χ0) is 19.1. The summed E-state index contributed by atoms with van der Waals surface area (Å²) in [5.41, 5.74) is 8.82. The van der Waals surface area contributed by atoms with Gasteiger partial charge >= 0.3 is 5.97 Å². The lowest BCUT2D eigenvalue weighted by molar-refractivity contribution is -0.137. The minimum absolute atomic E-state index is 0.0367. The van der Waals surface area contributed by atoms with Crippen LogP contribution in [0.15, 0.2) is 0 Å². The molecule has 1 aromatic carbocycles. The Morgan fingerprint density at radius 3 is 2.40 bits per heavy atom. The number of thioether (sulfide) groups is 1. The summed E-state index contributed by atoms with van der Waals surface area (Å²) in [6, 6.07) is -1.00. The standard InChI is InChI=1S/C18H27NO5S/c1-8-10(5-6-20)9(2)14(21)13-12(8)15(22)18(3,4)16(13)25-7-11(19)17(23)24/h11,15-16,20-22H,5-7,19H2,1-4H3,(H,23,24)/t11-,15-,16+/m0/s1. The molecule has 1 aliphatic carbocycles. The van der Waals surface area contributed by atoms with Crippen molar-refractivity contribution in [3.05, 3.63) is 27.8 Å². The molecule has 7 heteroatoms. The topological polar surface area (TPSA) is 124 Å². The number of carboxylic acids is 1. The number of aliphatic carboxylic acids is 1. The third kappa shape index (κ3) is 3.26. The van der Waals surface area contributed by atoms with E-state index in [0.29, 0.717) is 23.1 Å². The molecule has 0 fully saturated rings. The maximum atomic E-state index is 11.0. The first kappa shape index (κ1) is 20.0. The van der Waals surface area contributed by atoms with E-state index < -0.39 is 23.5 Å². The van der Waals surface area contributed by atoms with Crippen molar-refractivity contribution in [1.82, 2.24) is 0 Å². The van der Waals surface area contributed by atoms with Crippen LogP contribution in [0.25, 0.3) is 0 Å². The summed E-state index contributed by atoms with van der Waals surface area (Å²) in [6.07, 6.45) is -0.377. The number of fused-ring (bicyclic) bond motifs is 1. The Bertz CT molecular complexity index is 689. The molecular weight excluding hydrogens is 342 g/mol. The van der Waals surface area contributed by atoms with E-state index in [-0.39, 0.29) is 23.4 Å². The van der Waals surface area contributed by atoms with E-state index in [1.165, 1.54) is 11.8 Å². The summed E-state index contributed by atoms with van der Waals surface area (Å²) in [5, 5.41) is 39.7. The highest BCUT2D eigenvalue weighted by Crippen LogP contribution is 2.62. The van der Waals surface area contributed by atoms with Crippen molar-refractivity contribution in [3.63, 3.8) is 0 Å². The molecule has 1 aromatic rings. The molecule has 0 spiro atoms. The number of hydrogen-bond acceptors (Lipinski definition) is 6. The third-order valence-electron chi connectivity index (χ3n) is 5.25. The Kier molecular flexibility index (Phi) is 5.73. The predicted octanol–water partition coefficient (Wildman–Crippen LogP) is 1.80. The van der Waals surface area contributed by atoms with Crippen LogP contribution in [-0.4, -0.2) is 44.8 Å². The van der Waals surface area contributed by atoms with Crippen molar-refractivity contribution in [2.75, 3.05) is 12.4 Å². The highest BCUT2D eigenvalue weighted by atomic mass is 32.2. The number of nitrogens with two attached hydrogens (primary N) is 1. The van der Waals surface area contributed by atoms with Crippen molar-refractivity contribution in [2.45, 2.75) is 51.5 Å². The zero-order valence-electron chi connectivity index (χ0n) is 15.0. The minimum atomic E-state index is -1.07. The summed E-state index contributed by atoms with van der Waals surface area (Å²) >= 11 is 1.35. The Balaban J connectivity index is 2.55. The van der Waals surface area contributed by atoms with E-state index in [1.54, 1.807) is 6.92 Å². The molecule has 0 radical (unpaired) electrons. The van der Waals surface area contributed by atoms with Crippen molar-refractivity contribution >= 4 is 17.7 Å². The van der Waals surface area contributed by atoms with Gasteiger partial charge in [0.1, 0.15) is 11.8 Å². The number of carboxylic acid groups (broad SMARTS) is 1. The summed E-state index contributed by atoms with van der Waals surface area (Å²) < 4.78 is 0. The van der Waals surface area contributed by atoms with Crippen molar-refractivity contribution < 1.29 is 25.2 Å². The Morgan fingerprint density at radius 2 is 1.88 bits per heavy atom. The van der Waals surface area contributed by atoms with Crippen molar-refractivity contribution in [1.29, 1.82) is 0 Å². The molecule has 0 aliphatic heterocycles. The van der Waals surface area contributed by atoms with Gasteiger partial charge in [-0.1, -0.05) is 13.8 Å². The Labute approximate surface area is 152 Å². The van der Waals surface area contributed by atoms with Gasteiger partial charge in [-0.2, -0.15) is 11.8 Å². The number of benzene rings is 1. The highest BCUT2D eigenvalue weighted by molar-refractivity contribution is 7.99. The van der Waals surface area contributed by atoms with Crippen LogP contribution in [-0.2, 0) is 11.2 Å². The van der Waals surface area contributed by atoms with Crippen LogP contribution in [0, 0.1) is 19.3 Å². The van der Waals surface area contributed by atoms with E-state index in [4.69, 9.17) is 10.8 Å². The molecule has 0 amide bonds. The lowest BCUT2D eigenvalue weighted by Gasteiger charge is -2.30. The number of phenols is 1. The van der Waals surface area contributed by atoms with Crippen molar-refractivity contribution in [2.24, 2.45) is 11.1 Å². The number of aliphatic hydroxyl groups is 2. The number of hydrogen-bond donors (Lipinski definition) is 5. The molecule has 6 N–H and O–H groups in total. The van der Waals surface area contributed by atoms with Gasteiger partial charge in [0.15, 0.2) is 0 Å². The first-order valence-electron chi connectivity index (χ1n) is 8.29. The number of rotatable bonds is 6. The molecule has 0 heterocycles. The highest BCUT2D eigenvalue weighted by Gasteiger charge is 2.49. The molecule has 1 aliphatic rings. The number of phenolic OH excluding ortho intramolecular Hbond substituents is 1. The van der Waals surface area contributed by atoms with E-state index in [1.807, 2.05) is 20.8 Å². The fraction of sp³-hybridized carbons (Fsp3) is 0.611. The number of aromatic hydroxyl groups is 1. The first-order valence-corrected chi connectivity index (χ1v) is 9.34. The maximum absolute atomic E-state index is 11.0. The van der Waals surface area contributed by atoms with Crippen LogP contribution in [0.4, 0.5) is 0 Å². The van der Waals surface area contributed by atoms with E-state index in [9.17, 15) is 20.1 Å². The van der Waals surface area contributed by atoms with Gasteiger partial charge in [-0.15, -0.1) is 0 Å². The van der Waals surface area contributed by atoms with E-state index in [2.05, 4.69) is 0 Å². The lowest BCUT2D eigenvalue weighted by Crippen LogP contribution is -2.33. The van der Waals surface area contributed by atoms with Gasteiger partial charge in [0.25, 0.3) is 0 Å². The fourth-order valence-electron chi connectivity index (χ4n) is 3.68. The lowest BCUT2D eigenvalue weighted by atomic mass is 9.86. The van der Waals surface area contributed by atoms with Gasteiger partial charge in [0.05, 0.1) is 6.10 Å². The van der Waals surface area contributed by atoms with Crippen LogP contribution in [0.5, 0.6) is 5.75 Å².